The second kappa shape index (κ2) is 10.4. The number of rotatable bonds is 7. The molecule has 0 aliphatic heterocycles. The Bertz CT molecular complexity index is 1470. The van der Waals surface area contributed by atoms with Crippen molar-refractivity contribution in [3.63, 3.8) is 0 Å². The number of nitrogens with one attached hydrogen (secondary N) is 1. The molecule has 1 N–H and O–H groups in total. The molecule has 3 aromatic rings. The van der Waals surface area contributed by atoms with E-state index in [9.17, 15) is 48.7 Å². The van der Waals surface area contributed by atoms with Gasteiger partial charge in [0.2, 0.25) is 9.84 Å². The molecule has 1 amide bonds. The Labute approximate surface area is 211 Å². The third-order valence-corrected chi connectivity index (χ3v) is 6.95. The summed E-state index contributed by atoms with van der Waals surface area (Å²) in [6.07, 6.45) is -10.3. The van der Waals surface area contributed by atoms with Crippen LogP contribution in [-0.2, 0) is 14.6 Å². The normalized spacial score (nSPS) is 13.1. The van der Waals surface area contributed by atoms with Crippen molar-refractivity contribution in [3.8, 4) is 5.75 Å². The highest BCUT2D eigenvalue weighted by molar-refractivity contribution is 7.91. The minimum Gasteiger partial charge on any atom is -0.406 e. The van der Waals surface area contributed by atoms with Crippen LogP contribution >= 0.6 is 0 Å². The summed E-state index contributed by atoms with van der Waals surface area (Å²) < 4.78 is 120. The fraction of sp³-hybridized carbons (Fsp3) is 0.167. The second-order valence-electron chi connectivity index (χ2n) is 7.78. The van der Waals surface area contributed by atoms with Crippen LogP contribution in [0.1, 0.15) is 34.5 Å². The lowest BCUT2D eigenvalue weighted by molar-refractivity contribution is -0.274. The number of hydrogen-bond donors (Lipinski definition) is 1. The monoisotopic (exact) mass is 563 g/mol. The number of benzene rings is 3. The molecule has 0 heterocycles. The highest BCUT2D eigenvalue weighted by Gasteiger charge is 2.39. The van der Waals surface area contributed by atoms with Crippen molar-refractivity contribution >= 4 is 21.5 Å². The summed E-state index contributed by atoms with van der Waals surface area (Å²) in [5, 5.41) is 1.72. The first kappa shape index (κ1) is 28.6. The van der Waals surface area contributed by atoms with Crippen molar-refractivity contribution < 1.29 is 53.5 Å². The Morgan fingerprint density at radius 3 is 2.03 bits per heavy atom. The van der Waals surface area contributed by atoms with Crippen molar-refractivity contribution in [2.75, 3.05) is 0 Å². The van der Waals surface area contributed by atoms with Gasteiger partial charge in [0.05, 0.1) is 10.9 Å². The summed E-state index contributed by atoms with van der Waals surface area (Å²) >= 11 is 0. The molecular weight excluding hydrogens is 547 g/mol. The molecule has 0 saturated carbocycles. The zero-order chi connectivity index (χ0) is 28.5. The average molecular weight is 563 g/mol. The van der Waals surface area contributed by atoms with Gasteiger partial charge < -0.3 is 10.1 Å². The molecular formula is C24H16F7NO5S. The molecule has 14 heteroatoms. The molecule has 0 radical (unpaired) electrons. The fourth-order valence-electron chi connectivity index (χ4n) is 3.33. The summed E-state index contributed by atoms with van der Waals surface area (Å²) in [5.74, 6) is -5.38. The first-order valence-electron chi connectivity index (χ1n) is 10.4. The van der Waals surface area contributed by atoms with Crippen molar-refractivity contribution in [3.05, 3.63) is 89.2 Å². The van der Waals surface area contributed by atoms with Gasteiger partial charge in [-0.05, 0) is 36.8 Å². The van der Waals surface area contributed by atoms with E-state index in [0.29, 0.717) is 12.1 Å². The fourth-order valence-corrected chi connectivity index (χ4v) is 4.87. The maximum absolute atomic E-state index is 14.3. The number of carbonyl (C=O) groups excluding carboxylic acids is 2. The van der Waals surface area contributed by atoms with Crippen LogP contribution in [0, 0.1) is 5.82 Å². The van der Waals surface area contributed by atoms with E-state index in [1.54, 1.807) is 5.32 Å². The summed E-state index contributed by atoms with van der Waals surface area (Å²) in [5.41, 5.74) is -0.654. The summed E-state index contributed by atoms with van der Waals surface area (Å²) in [6, 6.07) is 9.43. The maximum Gasteiger partial charge on any atom is 0.573 e. The molecule has 0 aromatic heterocycles. The van der Waals surface area contributed by atoms with Gasteiger partial charge >= 0.3 is 18.4 Å². The predicted molar refractivity (Wildman–Crippen MR) is 117 cm³/mol. The highest BCUT2D eigenvalue weighted by Crippen LogP contribution is 2.33. The Balaban J connectivity index is 2.03. The third-order valence-electron chi connectivity index (χ3n) is 5.12. The minimum absolute atomic E-state index is 0.160. The van der Waals surface area contributed by atoms with E-state index >= 15 is 0 Å². The number of sulfone groups is 1. The van der Waals surface area contributed by atoms with Gasteiger partial charge in [-0.2, -0.15) is 13.2 Å². The van der Waals surface area contributed by atoms with Gasteiger partial charge in [0.15, 0.2) is 5.78 Å². The number of ether oxygens (including phenoxy) is 1. The first-order chi connectivity index (χ1) is 17.5. The van der Waals surface area contributed by atoms with Gasteiger partial charge in [-0.25, -0.2) is 12.8 Å². The van der Waals surface area contributed by atoms with Gasteiger partial charge in [-0.15, -0.1) is 13.2 Å². The van der Waals surface area contributed by atoms with Gasteiger partial charge in [-0.1, -0.05) is 36.4 Å². The van der Waals surface area contributed by atoms with Crippen LogP contribution in [0.2, 0.25) is 0 Å². The Kier molecular flexibility index (Phi) is 7.86. The smallest absolute Gasteiger partial charge is 0.406 e. The molecule has 1 atom stereocenters. The molecule has 0 aliphatic rings. The number of amides is 1. The lowest BCUT2D eigenvalue weighted by Gasteiger charge is -2.16. The van der Waals surface area contributed by atoms with E-state index in [1.165, 1.54) is 31.2 Å². The van der Waals surface area contributed by atoms with E-state index in [-0.39, 0.29) is 11.1 Å². The van der Waals surface area contributed by atoms with Crippen LogP contribution in [0.3, 0.4) is 0 Å². The van der Waals surface area contributed by atoms with E-state index in [0.717, 1.165) is 30.3 Å². The van der Waals surface area contributed by atoms with Crippen LogP contribution in [-0.4, -0.2) is 32.6 Å². The molecule has 3 rings (SSSR count). The van der Waals surface area contributed by atoms with Gasteiger partial charge in [0.25, 0.3) is 0 Å². The molecule has 3 aromatic carbocycles. The summed E-state index contributed by atoms with van der Waals surface area (Å²) in [6.45, 7) is 1.25. The summed E-state index contributed by atoms with van der Waals surface area (Å²) in [4.78, 5) is 22.4. The van der Waals surface area contributed by atoms with E-state index in [4.69, 9.17) is 0 Å². The maximum atomic E-state index is 14.3. The van der Waals surface area contributed by atoms with Crippen LogP contribution in [0.15, 0.2) is 76.5 Å². The topological polar surface area (TPSA) is 89.5 Å². The SMILES string of the molecule is C[C@H](NC(=O)C(F)(F)F)c1ccc(C(=O)c2ccc(OC(F)(F)F)cc2S(=O)(=O)c2ccccc2F)cc1. The number of halogens is 7. The lowest BCUT2D eigenvalue weighted by Crippen LogP contribution is -2.38. The molecule has 202 valence electrons. The standard InChI is InChI=1S/C24H16F7NO5S/c1-13(32-22(34)23(26,27)28)14-6-8-15(9-7-14)21(33)17-11-10-16(37-24(29,30)31)12-20(17)38(35,36)19-5-3-2-4-18(19)25/h2-13H,1H3,(H,32,34)/t13-/m0/s1. The van der Waals surface area contributed by atoms with Gasteiger partial charge in [0, 0.05) is 17.2 Å². The van der Waals surface area contributed by atoms with Crippen LogP contribution in [0.25, 0.3) is 0 Å². The molecule has 0 saturated heterocycles. The predicted octanol–water partition coefficient (Wildman–Crippen LogP) is 5.53. The van der Waals surface area contributed by atoms with Crippen LogP contribution in [0.4, 0.5) is 30.7 Å². The Morgan fingerprint density at radius 1 is 0.868 bits per heavy atom. The van der Waals surface area contributed by atoms with Crippen molar-refractivity contribution in [2.45, 2.75) is 35.3 Å². The number of carbonyl (C=O) groups is 2. The highest BCUT2D eigenvalue weighted by atomic mass is 32.2. The Morgan fingerprint density at radius 2 is 1.47 bits per heavy atom. The molecule has 0 aliphatic carbocycles. The quantitative estimate of drug-likeness (QED) is 0.302. The number of alkyl halides is 6. The average Bonchev–Trinajstić information content (AvgIpc) is 2.82. The van der Waals surface area contributed by atoms with Crippen molar-refractivity contribution in [1.29, 1.82) is 0 Å². The van der Waals surface area contributed by atoms with Crippen molar-refractivity contribution in [1.82, 2.24) is 5.32 Å². The summed E-state index contributed by atoms with van der Waals surface area (Å²) in [7, 11) is -4.88. The first-order valence-corrected chi connectivity index (χ1v) is 11.9. The Hall–Kier alpha value is -3.94. The molecule has 0 bridgehead atoms. The number of hydrogen-bond acceptors (Lipinski definition) is 5. The van der Waals surface area contributed by atoms with Gasteiger partial charge in [0.1, 0.15) is 16.5 Å². The molecule has 0 unspecified atom stereocenters. The minimum atomic E-state index is -5.20. The second-order valence-corrected chi connectivity index (χ2v) is 9.67. The van der Waals surface area contributed by atoms with Crippen molar-refractivity contribution in [2.24, 2.45) is 0 Å². The molecule has 38 heavy (non-hydrogen) atoms. The van der Waals surface area contributed by atoms with Crippen LogP contribution < -0.4 is 10.1 Å². The number of ketones is 1. The lowest BCUT2D eigenvalue weighted by atomic mass is 10.00. The molecule has 0 fully saturated rings. The van der Waals surface area contributed by atoms with E-state index in [2.05, 4.69) is 4.74 Å². The third kappa shape index (κ3) is 6.49. The van der Waals surface area contributed by atoms with Crippen LogP contribution in [0.5, 0.6) is 5.75 Å². The van der Waals surface area contributed by atoms with Gasteiger partial charge in [-0.3, -0.25) is 9.59 Å². The molecule has 6 nitrogen and oxygen atoms in total. The largest absolute Gasteiger partial charge is 0.573 e. The van der Waals surface area contributed by atoms with E-state index in [1.807, 2.05) is 0 Å². The zero-order valence-corrected chi connectivity index (χ0v) is 19.8. The van der Waals surface area contributed by atoms with E-state index < -0.39 is 67.0 Å². The zero-order valence-electron chi connectivity index (χ0n) is 19.0. The molecule has 0 spiro atoms.